The topological polar surface area (TPSA) is 32.3 Å². The number of aliphatic hydroxyl groups excluding tert-OH is 1. The van der Waals surface area contributed by atoms with Crippen LogP contribution in [0.15, 0.2) is 0 Å². The van der Waals surface area contributed by atoms with Gasteiger partial charge < -0.3 is 10.4 Å². The zero-order chi connectivity index (χ0) is 10.3. The molecule has 0 aromatic heterocycles. The van der Waals surface area contributed by atoms with Crippen LogP contribution >= 0.6 is 11.8 Å². The van der Waals surface area contributed by atoms with E-state index in [9.17, 15) is 5.11 Å². The molecule has 0 heterocycles. The summed E-state index contributed by atoms with van der Waals surface area (Å²) in [5.41, 5.74) is 0.0802. The molecule has 0 atom stereocenters. The summed E-state index contributed by atoms with van der Waals surface area (Å²) < 4.78 is 0. The standard InChI is InChI=1S/C11H23NOS/c1-2-14-9-5-8-12-11(10-13)6-3-4-7-11/h12-13H,2-10H2,1H3. The molecule has 0 radical (unpaired) electrons. The first-order chi connectivity index (χ1) is 6.83. The third-order valence-corrected chi connectivity index (χ3v) is 4.02. The van der Waals surface area contributed by atoms with Crippen LogP contribution in [0.25, 0.3) is 0 Å². The summed E-state index contributed by atoms with van der Waals surface area (Å²) in [6, 6.07) is 0. The molecule has 0 spiro atoms. The SMILES string of the molecule is CCSCCCNC1(CO)CCCC1. The number of nitrogens with one attached hydrogen (secondary N) is 1. The molecule has 2 N–H and O–H groups in total. The van der Waals surface area contributed by atoms with Gasteiger partial charge in [0.2, 0.25) is 0 Å². The van der Waals surface area contributed by atoms with Gasteiger partial charge in [0, 0.05) is 5.54 Å². The number of rotatable bonds is 7. The Morgan fingerprint density at radius 2 is 2.07 bits per heavy atom. The summed E-state index contributed by atoms with van der Waals surface area (Å²) in [5.74, 6) is 2.45. The molecule has 0 aromatic rings. The van der Waals surface area contributed by atoms with E-state index in [-0.39, 0.29) is 5.54 Å². The molecular formula is C11H23NOS. The number of hydrogen-bond donors (Lipinski definition) is 2. The monoisotopic (exact) mass is 217 g/mol. The van der Waals surface area contributed by atoms with E-state index in [1.54, 1.807) is 0 Å². The lowest BCUT2D eigenvalue weighted by molar-refractivity contribution is 0.165. The van der Waals surface area contributed by atoms with E-state index in [0.717, 1.165) is 19.4 Å². The van der Waals surface area contributed by atoms with Crippen molar-refractivity contribution in [3.05, 3.63) is 0 Å². The van der Waals surface area contributed by atoms with Crippen molar-refractivity contribution < 1.29 is 5.11 Å². The highest BCUT2D eigenvalue weighted by atomic mass is 32.2. The largest absolute Gasteiger partial charge is 0.394 e. The lowest BCUT2D eigenvalue weighted by Crippen LogP contribution is -2.46. The molecule has 2 nitrogen and oxygen atoms in total. The van der Waals surface area contributed by atoms with Crippen LogP contribution in [0.4, 0.5) is 0 Å². The van der Waals surface area contributed by atoms with Gasteiger partial charge in [-0.3, -0.25) is 0 Å². The van der Waals surface area contributed by atoms with E-state index in [0.29, 0.717) is 6.61 Å². The van der Waals surface area contributed by atoms with Crippen molar-refractivity contribution in [1.82, 2.24) is 5.32 Å². The predicted molar refractivity (Wildman–Crippen MR) is 63.9 cm³/mol. The lowest BCUT2D eigenvalue weighted by atomic mass is 9.99. The maximum Gasteiger partial charge on any atom is 0.0613 e. The Morgan fingerprint density at radius 3 is 2.64 bits per heavy atom. The first kappa shape index (κ1) is 12.3. The summed E-state index contributed by atoms with van der Waals surface area (Å²) >= 11 is 1.99. The van der Waals surface area contributed by atoms with Gasteiger partial charge in [0.25, 0.3) is 0 Å². The van der Waals surface area contributed by atoms with Gasteiger partial charge in [-0.1, -0.05) is 19.8 Å². The number of hydrogen-bond acceptors (Lipinski definition) is 3. The molecule has 1 fully saturated rings. The molecule has 1 rings (SSSR count). The van der Waals surface area contributed by atoms with Crippen molar-refractivity contribution in [2.24, 2.45) is 0 Å². The van der Waals surface area contributed by atoms with Crippen LogP contribution in [0.1, 0.15) is 39.0 Å². The van der Waals surface area contributed by atoms with Crippen molar-refractivity contribution in [1.29, 1.82) is 0 Å². The van der Waals surface area contributed by atoms with E-state index in [1.807, 2.05) is 11.8 Å². The van der Waals surface area contributed by atoms with Crippen LogP contribution < -0.4 is 5.32 Å². The van der Waals surface area contributed by atoms with Crippen LogP contribution in [0, 0.1) is 0 Å². The average molecular weight is 217 g/mol. The maximum atomic E-state index is 9.35. The Labute approximate surface area is 91.9 Å². The molecule has 0 unspecified atom stereocenters. The van der Waals surface area contributed by atoms with Gasteiger partial charge in [-0.05, 0) is 37.3 Å². The Hall–Kier alpha value is 0.270. The summed E-state index contributed by atoms with van der Waals surface area (Å²) in [6.07, 6.45) is 6.09. The van der Waals surface area contributed by atoms with Crippen LogP contribution in [-0.2, 0) is 0 Å². The molecule has 0 bridgehead atoms. The first-order valence-electron chi connectivity index (χ1n) is 5.76. The number of aliphatic hydroxyl groups is 1. The van der Waals surface area contributed by atoms with E-state index < -0.39 is 0 Å². The van der Waals surface area contributed by atoms with Crippen molar-refractivity contribution in [3.63, 3.8) is 0 Å². The second kappa shape index (κ2) is 6.70. The molecule has 1 aliphatic rings. The van der Waals surface area contributed by atoms with E-state index >= 15 is 0 Å². The van der Waals surface area contributed by atoms with Crippen LogP contribution in [0.2, 0.25) is 0 Å². The van der Waals surface area contributed by atoms with Crippen molar-refractivity contribution in [2.75, 3.05) is 24.7 Å². The van der Waals surface area contributed by atoms with Gasteiger partial charge in [0.1, 0.15) is 0 Å². The Bertz CT molecular complexity index is 146. The molecule has 3 heteroatoms. The summed E-state index contributed by atoms with van der Waals surface area (Å²) in [4.78, 5) is 0. The molecule has 0 amide bonds. The van der Waals surface area contributed by atoms with Gasteiger partial charge in [0.05, 0.1) is 6.61 Å². The van der Waals surface area contributed by atoms with Crippen LogP contribution in [-0.4, -0.2) is 35.3 Å². The molecule has 0 aromatic carbocycles. The highest BCUT2D eigenvalue weighted by Crippen LogP contribution is 2.28. The second-order valence-electron chi connectivity index (χ2n) is 4.12. The third-order valence-electron chi connectivity index (χ3n) is 3.03. The molecule has 0 saturated heterocycles. The summed E-state index contributed by atoms with van der Waals surface area (Å²) in [5, 5.41) is 12.9. The van der Waals surface area contributed by atoms with Gasteiger partial charge in [-0.15, -0.1) is 0 Å². The minimum absolute atomic E-state index is 0.0802. The van der Waals surface area contributed by atoms with Gasteiger partial charge in [-0.2, -0.15) is 11.8 Å². The normalized spacial score (nSPS) is 20.1. The molecule has 0 aliphatic heterocycles. The Balaban J connectivity index is 2.08. The highest BCUT2D eigenvalue weighted by molar-refractivity contribution is 7.99. The fourth-order valence-corrected chi connectivity index (χ4v) is 2.75. The molecule has 84 valence electrons. The summed E-state index contributed by atoms with van der Waals surface area (Å²) in [6.45, 7) is 3.58. The molecular weight excluding hydrogens is 194 g/mol. The van der Waals surface area contributed by atoms with Gasteiger partial charge in [0.15, 0.2) is 0 Å². The minimum Gasteiger partial charge on any atom is -0.394 e. The van der Waals surface area contributed by atoms with Crippen LogP contribution in [0.3, 0.4) is 0 Å². The van der Waals surface area contributed by atoms with Crippen molar-refractivity contribution in [3.8, 4) is 0 Å². The quantitative estimate of drug-likeness (QED) is 0.640. The Kier molecular flexibility index (Phi) is 5.90. The van der Waals surface area contributed by atoms with E-state index in [2.05, 4.69) is 12.2 Å². The predicted octanol–water partition coefficient (Wildman–Crippen LogP) is 2.02. The fraction of sp³-hybridized carbons (Fsp3) is 1.00. The molecule has 14 heavy (non-hydrogen) atoms. The summed E-state index contributed by atoms with van der Waals surface area (Å²) in [7, 11) is 0. The number of thioether (sulfide) groups is 1. The lowest BCUT2D eigenvalue weighted by Gasteiger charge is -2.28. The third kappa shape index (κ3) is 3.79. The highest BCUT2D eigenvalue weighted by Gasteiger charge is 2.31. The van der Waals surface area contributed by atoms with E-state index in [1.165, 1.54) is 30.8 Å². The van der Waals surface area contributed by atoms with Crippen molar-refractivity contribution >= 4 is 11.8 Å². The smallest absolute Gasteiger partial charge is 0.0613 e. The second-order valence-corrected chi connectivity index (χ2v) is 5.52. The Morgan fingerprint density at radius 1 is 1.36 bits per heavy atom. The first-order valence-corrected chi connectivity index (χ1v) is 6.92. The molecule has 1 saturated carbocycles. The van der Waals surface area contributed by atoms with Gasteiger partial charge >= 0.3 is 0 Å². The van der Waals surface area contributed by atoms with Crippen LogP contribution in [0.5, 0.6) is 0 Å². The fourth-order valence-electron chi connectivity index (χ4n) is 2.11. The molecule has 1 aliphatic carbocycles. The minimum atomic E-state index is 0.0802. The zero-order valence-electron chi connectivity index (χ0n) is 9.22. The maximum absolute atomic E-state index is 9.35. The van der Waals surface area contributed by atoms with E-state index in [4.69, 9.17) is 0 Å². The zero-order valence-corrected chi connectivity index (χ0v) is 10.0. The average Bonchev–Trinajstić information content (AvgIpc) is 2.67. The van der Waals surface area contributed by atoms with Gasteiger partial charge in [-0.25, -0.2) is 0 Å². The van der Waals surface area contributed by atoms with Crippen molar-refractivity contribution in [2.45, 2.75) is 44.6 Å².